The molecule has 3 aromatic rings. The van der Waals surface area contributed by atoms with Crippen LogP contribution < -0.4 is 27.4 Å². The van der Waals surface area contributed by atoms with Crippen LogP contribution in [-0.4, -0.2) is 90.2 Å². The Morgan fingerprint density at radius 1 is 1.03 bits per heavy atom. The number of rotatable bonds is 4. The van der Waals surface area contributed by atoms with Crippen LogP contribution >= 0.6 is 0 Å². The molecule has 0 atom stereocenters. The van der Waals surface area contributed by atoms with Gasteiger partial charge in [0.2, 0.25) is 5.91 Å². The highest BCUT2D eigenvalue weighted by atomic mass is 16.5. The summed E-state index contributed by atoms with van der Waals surface area (Å²) in [6, 6.07) is 7.99. The SMILES string of the molecule is Bc1nc(B)c(-c2ccc3nnc(NC(=O)CN4CCOCC4)cc3c2)c(B)c1B. The number of ether oxygens (including phenoxy) is 1. The Hall–Kier alpha value is -2.64. The molecule has 0 bridgehead atoms. The zero-order valence-electron chi connectivity index (χ0n) is 18.0. The molecule has 30 heavy (non-hydrogen) atoms. The number of hydrogen-bond acceptors (Lipinski definition) is 6. The molecule has 3 heterocycles. The summed E-state index contributed by atoms with van der Waals surface area (Å²) in [6.07, 6.45) is 0. The van der Waals surface area contributed by atoms with Gasteiger partial charge in [0.25, 0.3) is 0 Å². The number of morpholine rings is 1. The molecule has 1 aromatic carbocycles. The van der Waals surface area contributed by atoms with E-state index in [-0.39, 0.29) is 5.91 Å². The topological polar surface area (TPSA) is 80.2 Å². The standard InChI is InChI=1S/C19H23B4N5O2/c20-16-15(18(22)25-19(23)17(16)21)10-1-2-12-11(7-10)8-13(27-26-12)24-14(29)9-28-3-5-30-6-4-28/h1-2,7-8H,3-6,9,20-23H2,(H,24,27,29). The van der Waals surface area contributed by atoms with Gasteiger partial charge in [-0.25, -0.2) is 0 Å². The van der Waals surface area contributed by atoms with Gasteiger partial charge in [-0.05, 0) is 34.9 Å². The molecule has 0 spiro atoms. The second-order valence-electron chi connectivity index (χ2n) is 7.85. The Balaban J connectivity index is 1.60. The van der Waals surface area contributed by atoms with Crippen molar-refractivity contribution < 1.29 is 9.53 Å². The lowest BCUT2D eigenvalue weighted by Crippen LogP contribution is -2.47. The second kappa shape index (κ2) is 8.61. The molecule has 0 aliphatic carbocycles. The van der Waals surface area contributed by atoms with E-state index in [0.29, 0.717) is 25.6 Å². The summed E-state index contributed by atoms with van der Waals surface area (Å²) in [5.41, 5.74) is 7.54. The van der Waals surface area contributed by atoms with Crippen molar-refractivity contribution in [3.63, 3.8) is 0 Å². The number of nitrogens with zero attached hydrogens (tertiary/aromatic N) is 4. The molecule has 1 amide bonds. The van der Waals surface area contributed by atoms with E-state index in [4.69, 9.17) is 9.72 Å². The molecule has 1 N–H and O–H groups in total. The first-order valence-electron chi connectivity index (χ1n) is 10.2. The summed E-state index contributed by atoms with van der Waals surface area (Å²) in [4.78, 5) is 19.2. The van der Waals surface area contributed by atoms with Gasteiger partial charge in [-0.2, -0.15) is 0 Å². The smallest absolute Gasteiger partial charge is 0.239 e. The normalized spacial score (nSPS) is 14.7. The van der Waals surface area contributed by atoms with Gasteiger partial charge in [-0.1, -0.05) is 17.0 Å². The number of amides is 1. The number of pyridine rings is 1. The van der Waals surface area contributed by atoms with Crippen LogP contribution in [0.1, 0.15) is 0 Å². The minimum Gasteiger partial charge on any atom is -0.379 e. The summed E-state index contributed by atoms with van der Waals surface area (Å²) in [5.74, 6) is 0.372. The molecule has 1 aliphatic rings. The molecule has 0 saturated carbocycles. The molecule has 0 unspecified atom stereocenters. The fourth-order valence-corrected chi connectivity index (χ4v) is 3.95. The zero-order valence-corrected chi connectivity index (χ0v) is 18.0. The third-order valence-corrected chi connectivity index (χ3v) is 5.79. The number of nitrogens with one attached hydrogen (secondary N) is 1. The molecule has 7 nitrogen and oxygen atoms in total. The summed E-state index contributed by atoms with van der Waals surface area (Å²) >= 11 is 0. The maximum absolute atomic E-state index is 12.4. The van der Waals surface area contributed by atoms with Crippen molar-refractivity contribution in [2.75, 3.05) is 38.2 Å². The lowest BCUT2D eigenvalue weighted by atomic mass is 9.70. The highest BCUT2D eigenvalue weighted by Gasteiger charge is 2.15. The summed E-state index contributed by atoms with van der Waals surface area (Å²) < 4.78 is 5.33. The molecule has 2 aromatic heterocycles. The van der Waals surface area contributed by atoms with E-state index >= 15 is 0 Å². The molecule has 148 valence electrons. The number of anilines is 1. The summed E-state index contributed by atoms with van der Waals surface area (Å²) in [5, 5.41) is 12.2. The monoisotopic (exact) mass is 397 g/mol. The zero-order chi connectivity index (χ0) is 21.3. The maximum atomic E-state index is 12.4. The molecule has 1 saturated heterocycles. The fraction of sp³-hybridized carbons (Fsp3) is 0.263. The van der Waals surface area contributed by atoms with Crippen molar-refractivity contribution >= 4 is 76.1 Å². The molecule has 1 fully saturated rings. The van der Waals surface area contributed by atoms with Gasteiger partial charge >= 0.3 is 0 Å². The van der Waals surface area contributed by atoms with Gasteiger partial charge in [0.15, 0.2) is 21.5 Å². The first kappa shape index (κ1) is 20.6. The van der Waals surface area contributed by atoms with Crippen LogP contribution in [0.2, 0.25) is 0 Å². The average molecular weight is 397 g/mol. The van der Waals surface area contributed by atoms with Crippen molar-refractivity contribution in [2.24, 2.45) is 0 Å². The van der Waals surface area contributed by atoms with Crippen LogP contribution in [0.25, 0.3) is 22.0 Å². The third-order valence-electron chi connectivity index (χ3n) is 5.79. The number of hydrogen-bond donors (Lipinski definition) is 1. The van der Waals surface area contributed by atoms with Gasteiger partial charge in [-0.3, -0.25) is 14.7 Å². The average Bonchev–Trinajstić information content (AvgIpc) is 2.72. The Morgan fingerprint density at radius 2 is 1.80 bits per heavy atom. The highest BCUT2D eigenvalue weighted by molar-refractivity contribution is 6.59. The molecule has 1 aliphatic heterocycles. The number of benzene rings is 1. The Bertz CT molecular complexity index is 1120. The van der Waals surface area contributed by atoms with Crippen LogP contribution in [0.5, 0.6) is 0 Å². The van der Waals surface area contributed by atoms with Crippen molar-refractivity contribution in [1.29, 1.82) is 0 Å². The minimum absolute atomic E-state index is 0.0910. The number of aromatic nitrogens is 3. The maximum Gasteiger partial charge on any atom is 0.239 e. The van der Waals surface area contributed by atoms with Crippen LogP contribution in [-0.2, 0) is 9.53 Å². The van der Waals surface area contributed by atoms with Crippen molar-refractivity contribution in [2.45, 2.75) is 0 Å². The summed E-state index contributed by atoms with van der Waals surface area (Å²) in [7, 11) is 8.33. The van der Waals surface area contributed by atoms with Crippen LogP contribution in [0, 0.1) is 0 Å². The van der Waals surface area contributed by atoms with E-state index in [9.17, 15) is 4.79 Å². The summed E-state index contributed by atoms with van der Waals surface area (Å²) in [6.45, 7) is 3.19. The van der Waals surface area contributed by atoms with Crippen molar-refractivity contribution in [1.82, 2.24) is 20.1 Å². The predicted molar refractivity (Wildman–Crippen MR) is 131 cm³/mol. The molecule has 4 rings (SSSR count). The molecule has 11 heteroatoms. The second-order valence-corrected chi connectivity index (χ2v) is 7.85. The Kier molecular flexibility index (Phi) is 5.92. The van der Waals surface area contributed by atoms with Crippen LogP contribution in [0.15, 0.2) is 24.3 Å². The van der Waals surface area contributed by atoms with Gasteiger partial charge in [0.05, 0.1) is 25.3 Å². The van der Waals surface area contributed by atoms with Gasteiger partial charge in [0.1, 0.15) is 15.7 Å². The van der Waals surface area contributed by atoms with E-state index in [1.807, 2.05) is 27.8 Å². The first-order valence-corrected chi connectivity index (χ1v) is 10.2. The fourth-order valence-electron chi connectivity index (χ4n) is 3.95. The van der Waals surface area contributed by atoms with Crippen LogP contribution in [0.4, 0.5) is 5.82 Å². The molecule has 0 radical (unpaired) electrons. The number of fused-ring (bicyclic) bond motifs is 1. The highest BCUT2D eigenvalue weighted by Crippen LogP contribution is 2.21. The molecular weight excluding hydrogens is 373 g/mol. The lowest BCUT2D eigenvalue weighted by Gasteiger charge is -2.25. The minimum atomic E-state index is -0.0910. The third kappa shape index (κ3) is 4.27. The Labute approximate surface area is 179 Å². The Morgan fingerprint density at radius 3 is 2.57 bits per heavy atom. The van der Waals surface area contributed by atoms with E-state index in [1.54, 1.807) is 0 Å². The van der Waals surface area contributed by atoms with Crippen molar-refractivity contribution in [3.05, 3.63) is 24.3 Å². The van der Waals surface area contributed by atoms with Gasteiger partial charge in [-0.15, -0.1) is 10.2 Å². The lowest BCUT2D eigenvalue weighted by molar-refractivity contribution is -0.118. The predicted octanol–water partition coefficient (Wildman–Crippen LogP) is -5.00. The number of carbonyl (C=O) groups is 1. The largest absolute Gasteiger partial charge is 0.379 e. The molecular formula is C19H23B4N5O2. The first-order chi connectivity index (χ1) is 14.4. The van der Waals surface area contributed by atoms with Crippen LogP contribution in [0.3, 0.4) is 0 Å². The van der Waals surface area contributed by atoms with Crippen molar-refractivity contribution in [3.8, 4) is 11.1 Å². The number of carbonyl (C=O) groups excluding carboxylic acids is 1. The van der Waals surface area contributed by atoms with E-state index in [2.05, 4.69) is 48.2 Å². The van der Waals surface area contributed by atoms with E-state index in [0.717, 1.165) is 46.3 Å². The van der Waals surface area contributed by atoms with Gasteiger partial charge in [0, 0.05) is 24.1 Å². The quantitative estimate of drug-likeness (QED) is 0.445. The van der Waals surface area contributed by atoms with Gasteiger partial charge < -0.3 is 10.1 Å². The van der Waals surface area contributed by atoms with E-state index < -0.39 is 0 Å². The van der Waals surface area contributed by atoms with E-state index in [1.165, 1.54) is 10.9 Å².